The molecule has 0 spiro atoms. The summed E-state index contributed by atoms with van der Waals surface area (Å²) in [4.78, 5) is 4.34. The van der Waals surface area contributed by atoms with Gasteiger partial charge in [0.25, 0.3) is 5.78 Å². The molecule has 2 heterocycles. The molecule has 0 bridgehead atoms. The highest BCUT2D eigenvalue weighted by molar-refractivity contribution is 6.35. The van der Waals surface area contributed by atoms with E-state index in [0.717, 1.165) is 10.9 Å². The monoisotopic (exact) mass is 331 g/mol. The molecule has 2 aromatic carbocycles. The van der Waals surface area contributed by atoms with Gasteiger partial charge in [-0.25, -0.2) is 0 Å². The third-order valence-electron chi connectivity index (χ3n) is 3.12. The van der Waals surface area contributed by atoms with Crippen molar-refractivity contribution in [1.82, 2.24) is 25.0 Å². The molecule has 0 amide bonds. The molecule has 0 aliphatic rings. The van der Waals surface area contributed by atoms with Crippen LogP contribution in [0, 0.1) is 0 Å². The van der Waals surface area contributed by atoms with Crippen molar-refractivity contribution in [2.45, 2.75) is 0 Å². The third kappa shape index (κ3) is 2.13. The van der Waals surface area contributed by atoms with E-state index in [9.17, 15) is 0 Å². The Hall–Kier alpha value is -2.44. The van der Waals surface area contributed by atoms with E-state index in [-0.39, 0.29) is 0 Å². The standard InChI is InChI=1S/C14H7Cl2N5O/c15-8-5-6-12(10(16)7-8)22-13-9-3-1-2-4-11(9)21-14(17-13)18-19-20-21/h1-7H. The smallest absolute Gasteiger partial charge is 0.277 e. The van der Waals surface area contributed by atoms with E-state index in [1.165, 1.54) is 0 Å². The maximum Gasteiger partial charge on any atom is 0.277 e. The Morgan fingerprint density at radius 1 is 1.05 bits per heavy atom. The lowest BCUT2D eigenvalue weighted by atomic mass is 10.2. The second-order valence-corrected chi connectivity index (χ2v) is 5.35. The summed E-state index contributed by atoms with van der Waals surface area (Å²) >= 11 is 12.0. The summed E-state index contributed by atoms with van der Waals surface area (Å²) in [5.74, 6) is 1.18. The molecule has 0 aliphatic heterocycles. The first-order valence-electron chi connectivity index (χ1n) is 6.32. The number of para-hydroxylation sites is 1. The average molecular weight is 332 g/mol. The van der Waals surface area contributed by atoms with Gasteiger partial charge >= 0.3 is 0 Å². The third-order valence-corrected chi connectivity index (χ3v) is 3.65. The van der Waals surface area contributed by atoms with E-state index in [2.05, 4.69) is 20.5 Å². The van der Waals surface area contributed by atoms with Gasteiger partial charge in [0.15, 0.2) is 0 Å². The zero-order chi connectivity index (χ0) is 15.1. The van der Waals surface area contributed by atoms with Gasteiger partial charge in [0.05, 0.1) is 15.9 Å². The number of nitrogens with zero attached hydrogens (tertiary/aromatic N) is 5. The van der Waals surface area contributed by atoms with Gasteiger partial charge in [0.2, 0.25) is 5.88 Å². The number of fused-ring (bicyclic) bond motifs is 3. The minimum Gasteiger partial charge on any atom is -0.437 e. The van der Waals surface area contributed by atoms with Crippen molar-refractivity contribution in [3.05, 3.63) is 52.5 Å². The molecular weight excluding hydrogens is 325 g/mol. The lowest BCUT2D eigenvalue weighted by Crippen LogP contribution is -1.98. The first kappa shape index (κ1) is 13.2. The van der Waals surface area contributed by atoms with Gasteiger partial charge in [0, 0.05) is 5.02 Å². The van der Waals surface area contributed by atoms with E-state index in [0.29, 0.717) is 27.5 Å². The van der Waals surface area contributed by atoms with E-state index >= 15 is 0 Å². The van der Waals surface area contributed by atoms with Crippen molar-refractivity contribution >= 4 is 39.9 Å². The molecule has 22 heavy (non-hydrogen) atoms. The lowest BCUT2D eigenvalue weighted by Gasteiger charge is -2.09. The molecule has 4 rings (SSSR count). The molecule has 0 aliphatic carbocycles. The second-order valence-electron chi connectivity index (χ2n) is 4.50. The predicted octanol–water partition coefficient (Wildman–Crippen LogP) is 3.77. The Labute approximate surface area is 134 Å². The molecule has 0 fully saturated rings. The molecule has 6 nitrogen and oxygen atoms in total. The van der Waals surface area contributed by atoms with Gasteiger partial charge in [-0.2, -0.15) is 9.50 Å². The van der Waals surface area contributed by atoms with E-state index in [1.807, 2.05) is 24.3 Å². The summed E-state index contributed by atoms with van der Waals surface area (Å²) in [5.41, 5.74) is 0.789. The van der Waals surface area contributed by atoms with Gasteiger partial charge < -0.3 is 4.74 Å². The van der Waals surface area contributed by atoms with Gasteiger partial charge in [0.1, 0.15) is 5.75 Å². The number of aromatic nitrogens is 5. The molecule has 0 atom stereocenters. The molecule has 0 unspecified atom stereocenters. The second kappa shape index (κ2) is 5.08. The Morgan fingerprint density at radius 3 is 2.77 bits per heavy atom. The topological polar surface area (TPSA) is 65.2 Å². The molecule has 0 saturated heterocycles. The quantitative estimate of drug-likeness (QED) is 0.559. The van der Waals surface area contributed by atoms with Crippen molar-refractivity contribution in [1.29, 1.82) is 0 Å². The Bertz CT molecular complexity index is 1000. The van der Waals surface area contributed by atoms with Gasteiger partial charge in [-0.3, -0.25) is 0 Å². The van der Waals surface area contributed by atoms with Crippen LogP contribution in [0.15, 0.2) is 42.5 Å². The number of rotatable bonds is 2. The molecule has 8 heteroatoms. The summed E-state index contributed by atoms with van der Waals surface area (Å²) in [6, 6.07) is 12.5. The highest BCUT2D eigenvalue weighted by Gasteiger charge is 2.13. The molecular formula is C14H7Cl2N5O. The Kier molecular flexibility index (Phi) is 3.06. The summed E-state index contributed by atoms with van der Waals surface area (Å²) in [6.45, 7) is 0. The molecule has 2 aromatic heterocycles. The van der Waals surface area contributed by atoms with Crippen LogP contribution in [0.25, 0.3) is 16.7 Å². The van der Waals surface area contributed by atoms with Crippen molar-refractivity contribution in [3.63, 3.8) is 0 Å². The first-order valence-corrected chi connectivity index (χ1v) is 7.08. The molecule has 4 aromatic rings. The van der Waals surface area contributed by atoms with Crippen LogP contribution in [0.1, 0.15) is 0 Å². The normalized spacial score (nSPS) is 11.2. The summed E-state index contributed by atoms with van der Waals surface area (Å²) in [6.07, 6.45) is 0. The number of hydrogen-bond acceptors (Lipinski definition) is 5. The maximum atomic E-state index is 6.14. The van der Waals surface area contributed by atoms with Crippen LogP contribution in [0.4, 0.5) is 0 Å². The Balaban J connectivity index is 1.92. The van der Waals surface area contributed by atoms with Crippen molar-refractivity contribution in [3.8, 4) is 11.6 Å². The van der Waals surface area contributed by atoms with E-state index in [4.69, 9.17) is 27.9 Å². The molecule has 0 N–H and O–H groups in total. The minimum atomic E-state index is 0.346. The fraction of sp³-hybridized carbons (Fsp3) is 0. The number of hydrogen-bond donors (Lipinski definition) is 0. The van der Waals surface area contributed by atoms with Crippen molar-refractivity contribution < 1.29 is 4.74 Å². The van der Waals surface area contributed by atoms with Crippen LogP contribution in [-0.4, -0.2) is 25.0 Å². The molecule has 0 saturated carbocycles. The zero-order valence-corrected chi connectivity index (χ0v) is 12.5. The largest absolute Gasteiger partial charge is 0.437 e. The van der Waals surface area contributed by atoms with Gasteiger partial charge in [-0.05, 0) is 40.8 Å². The van der Waals surface area contributed by atoms with Crippen LogP contribution in [0.5, 0.6) is 11.6 Å². The summed E-state index contributed by atoms with van der Waals surface area (Å²) < 4.78 is 7.39. The number of benzene rings is 2. The lowest BCUT2D eigenvalue weighted by molar-refractivity contribution is 0.469. The average Bonchev–Trinajstić information content (AvgIpc) is 2.99. The summed E-state index contributed by atoms with van der Waals surface area (Å²) in [7, 11) is 0. The Morgan fingerprint density at radius 2 is 1.91 bits per heavy atom. The van der Waals surface area contributed by atoms with Crippen LogP contribution in [0.2, 0.25) is 10.0 Å². The van der Waals surface area contributed by atoms with E-state index < -0.39 is 0 Å². The fourth-order valence-electron chi connectivity index (χ4n) is 2.14. The SMILES string of the molecule is Clc1ccc(Oc2nc3nnnn3c3ccccc23)c(Cl)c1. The summed E-state index contributed by atoms with van der Waals surface area (Å²) in [5, 5.41) is 13.1. The van der Waals surface area contributed by atoms with Gasteiger partial charge in [-0.1, -0.05) is 40.4 Å². The maximum absolute atomic E-state index is 6.14. The molecule has 108 valence electrons. The highest BCUT2D eigenvalue weighted by Crippen LogP contribution is 2.33. The van der Waals surface area contributed by atoms with Gasteiger partial charge in [-0.15, -0.1) is 0 Å². The first-order chi connectivity index (χ1) is 10.7. The van der Waals surface area contributed by atoms with Crippen molar-refractivity contribution in [2.75, 3.05) is 0 Å². The van der Waals surface area contributed by atoms with Crippen LogP contribution in [-0.2, 0) is 0 Å². The number of tetrazole rings is 1. The van der Waals surface area contributed by atoms with Crippen LogP contribution < -0.4 is 4.74 Å². The van der Waals surface area contributed by atoms with E-state index in [1.54, 1.807) is 22.7 Å². The minimum absolute atomic E-state index is 0.346. The van der Waals surface area contributed by atoms with Crippen LogP contribution >= 0.6 is 23.2 Å². The van der Waals surface area contributed by atoms with Crippen LogP contribution in [0.3, 0.4) is 0 Å². The zero-order valence-electron chi connectivity index (χ0n) is 10.9. The fourth-order valence-corrected chi connectivity index (χ4v) is 2.59. The number of ether oxygens (including phenoxy) is 1. The molecule has 0 radical (unpaired) electrons. The number of halogens is 2. The predicted molar refractivity (Wildman–Crippen MR) is 82.6 cm³/mol. The van der Waals surface area contributed by atoms with Crippen molar-refractivity contribution in [2.24, 2.45) is 0 Å². The highest BCUT2D eigenvalue weighted by atomic mass is 35.5.